The van der Waals surface area contributed by atoms with Crippen molar-refractivity contribution >= 4 is 17.1 Å². The standard InChI is InChI=1S/C29H31N5O2/c1-5-26-31-22-15-12-20(17-23(22)32-26)9-8-19-10-13-21(14-11-19)24-18-30-27(33-24)25-7-6-16-34(25)28(35)36-29(2,3)4/h10-15,17-18,25H,5-7,16H2,1-4H3,(H,30,33)(H,31,32)/t25-/m0/s1. The number of H-pyrrole nitrogens is 2. The lowest BCUT2D eigenvalue weighted by Gasteiger charge is -2.27. The normalized spacial score (nSPS) is 15.7. The number of imidazole rings is 2. The molecule has 5 rings (SSSR count). The van der Waals surface area contributed by atoms with Gasteiger partial charge in [-0.3, -0.25) is 4.90 Å². The van der Waals surface area contributed by atoms with Crippen LogP contribution >= 0.6 is 0 Å². The van der Waals surface area contributed by atoms with E-state index in [1.807, 2.05) is 69.4 Å². The molecule has 1 fully saturated rings. The Hall–Kier alpha value is -4.05. The van der Waals surface area contributed by atoms with Crippen LogP contribution in [0.25, 0.3) is 22.3 Å². The zero-order chi connectivity index (χ0) is 25.3. The molecule has 2 N–H and O–H groups in total. The van der Waals surface area contributed by atoms with Crippen LogP contribution in [0.3, 0.4) is 0 Å². The maximum Gasteiger partial charge on any atom is 0.410 e. The smallest absolute Gasteiger partial charge is 0.410 e. The number of carbonyl (C=O) groups excluding carboxylic acids is 1. The van der Waals surface area contributed by atoms with Crippen molar-refractivity contribution in [2.24, 2.45) is 0 Å². The minimum atomic E-state index is -0.520. The average Bonchev–Trinajstić information content (AvgIpc) is 3.60. The number of amides is 1. The molecule has 0 radical (unpaired) electrons. The predicted molar refractivity (Wildman–Crippen MR) is 140 cm³/mol. The molecule has 7 heteroatoms. The first-order chi connectivity index (χ1) is 17.3. The van der Waals surface area contributed by atoms with Crippen LogP contribution in [0, 0.1) is 11.8 Å². The van der Waals surface area contributed by atoms with Gasteiger partial charge in [0.1, 0.15) is 17.2 Å². The van der Waals surface area contributed by atoms with Crippen molar-refractivity contribution < 1.29 is 9.53 Å². The fourth-order valence-electron chi connectivity index (χ4n) is 4.43. The molecule has 1 atom stereocenters. The largest absolute Gasteiger partial charge is 0.444 e. The van der Waals surface area contributed by atoms with Crippen molar-refractivity contribution in [1.82, 2.24) is 24.8 Å². The highest BCUT2D eigenvalue weighted by atomic mass is 16.6. The van der Waals surface area contributed by atoms with Gasteiger partial charge in [-0.2, -0.15) is 0 Å². The van der Waals surface area contributed by atoms with Crippen LogP contribution in [-0.4, -0.2) is 43.1 Å². The molecular formula is C29H31N5O2. The lowest BCUT2D eigenvalue weighted by atomic mass is 10.1. The van der Waals surface area contributed by atoms with Crippen LogP contribution in [0.15, 0.2) is 48.7 Å². The maximum absolute atomic E-state index is 12.6. The molecule has 4 aromatic rings. The van der Waals surface area contributed by atoms with E-state index >= 15 is 0 Å². The van der Waals surface area contributed by atoms with Crippen molar-refractivity contribution in [2.75, 3.05) is 6.54 Å². The summed E-state index contributed by atoms with van der Waals surface area (Å²) in [6.07, 6.45) is 4.21. The molecule has 7 nitrogen and oxygen atoms in total. The van der Waals surface area contributed by atoms with Gasteiger partial charge in [0.05, 0.1) is 29.0 Å². The number of carbonyl (C=O) groups is 1. The van der Waals surface area contributed by atoms with Crippen LogP contribution in [-0.2, 0) is 11.2 Å². The van der Waals surface area contributed by atoms with Crippen molar-refractivity contribution in [2.45, 2.75) is 58.6 Å². The molecule has 0 aliphatic carbocycles. The zero-order valence-corrected chi connectivity index (χ0v) is 21.2. The second kappa shape index (κ2) is 9.54. The van der Waals surface area contributed by atoms with Gasteiger partial charge in [-0.15, -0.1) is 0 Å². The number of likely N-dealkylation sites (tertiary alicyclic amines) is 1. The lowest BCUT2D eigenvalue weighted by molar-refractivity contribution is 0.0218. The van der Waals surface area contributed by atoms with Crippen molar-refractivity contribution in [3.8, 4) is 23.1 Å². The fourth-order valence-corrected chi connectivity index (χ4v) is 4.43. The van der Waals surface area contributed by atoms with Crippen molar-refractivity contribution in [1.29, 1.82) is 0 Å². The Balaban J connectivity index is 1.29. The Bertz CT molecular complexity index is 1450. The molecule has 2 aromatic carbocycles. The Labute approximate surface area is 211 Å². The Morgan fingerprint density at radius 1 is 1.11 bits per heavy atom. The van der Waals surface area contributed by atoms with Crippen LogP contribution in [0.2, 0.25) is 0 Å². The van der Waals surface area contributed by atoms with Gasteiger partial charge in [0.2, 0.25) is 0 Å². The van der Waals surface area contributed by atoms with E-state index < -0.39 is 5.60 Å². The van der Waals surface area contributed by atoms with Gasteiger partial charge in [-0.1, -0.05) is 30.9 Å². The van der Waals surface area contributed by atoms with Gasteiger partial charge in [0, 0.05) is 24.1 Å². The number of ether oxygens (including phenoxy) is 1. The zero-order valence-electron chi connectivity index (χ0n) is 21.2. The third-order valence-electron chi connectivity index (χ3n) is 6.20. The summed E-state index contributed by atoms with van der Waals surface area (Å²) in [4.78, 5) is 30.3. The summed E-state index contributed by atoms with van der Waals surface area (Å²) in [5.74, 6) is 8.26. The average molecular weight is 482 g/mol. The second-order valence-corrected chi connectivity index (χ2v) is 10.1. The minimum absolute atomic E-state index is 0.0978. The first kappa shape index (κ1) is 23.7. The Morgan fingerprint density at radius 3 is 2.61 bits per heavy atom. The number of rotatable bonds is 3. The number of nitrogens with one attached hydrogen (secondary N) is 2. The van der Waals surface area contributed by atoms with Gasteiger partial charge < -0.3 is 14.7 Å². The van der Waals surface area contributed by atoms with E-state index in [4.69, 9.17) is 4.74 Å². The van der Waals surface area contributed by atoms with E-state index in [1.165, 1.54) is 0 Å². The molecule has 0 saturated carbocycles. The topological polar surface area (TPSA) is 86.9 Å². The molecule has 1 aliphatic heterocycles. The highest BCUT2D eigenvalue weighted by Gasteiger charge is 2.34. The Kier molecular flexibility index (Phi) is 6.27. The monoisotopic (exact) mass is 481 g/mol. The molecule has 36 heavy (non-hydrogen) atoms. The van der Waals surface area contributed by atoms with Gasteiger partial charge >= 0.3 is 6.09 Å². The van der Waals surface area contributed by atoms with Gasteiger partial charge in [-0.25, -0.2) is 14.8 Å². The fraction of sp³-hybridized carbons (Fsp3) is 0.345. The van der Waals surface area contributed by atoms with E-state index in [0.717, 1.165) is 64.3 Å². The highest BCUT2D eigenvalue weighted by molar-refractivity contribution is 5.77. The van der Waals surface area contributed by atoms with Crippen LogP contribution in [0.4, 0.5) is 4.79 Å². The van der Waals surface area contributed by atoms with Crippen LogP contribution in [0.1, 0.15) is 69.4 Å². The summed E-state index contributed by atoms with van der Waals surface area (Å²) in [5, 5.41) is 0. The highest BCUT2D eigenvalue weighted by Crippen LogP contribution is 2.32. The molecule has 0 bridgehead atoms. The molecule has 3 heterocycles. The third kappa shape index (κ3) is 5.13. The third-order valence-corrected chi connectivity index (χ3v) is 6.20. The summed E-state index contributed by atoms with van der Waals surface area (Å²) in [5.41, 5.74) is 5.27. The lowest BCUT2D eigenvalue weighted by Crippen LogP contribution is -2.36. The number of aromatic nitrogens is 4. The molecule has 1 saturated heterocycles. The number of aryl methyl sites for hydroxylation is 1. The van der Waals surface area contributed by atoms with Gasteiger partial charge in [0.25, 0.3) is 0 Å². The number of fused-ring (bicyclic) bond motifs is 1. The van der Waals surface area contributed by atoms with E-state index in [0.29, 0.717) is 6.54 Å². The van der Waals surface area contributed by atoms with Gasteiger partial charge in [-0.05, 0) is 69.5 Å². The summed E-state index contributed by atoms with van der Waals surface area (Å²) >= 11 is 0. The van der Waals surface area contributed by atoms with E-state index in [-0.39, 0.29) is 12.1 Å². The number of hydrogen-bond donors (Lipinski definition) is 2. The number of benzene rings is 2. The molecule has 184 valence electrons. The summed E-state index contributed by atoms with van der Waals surface area (Å²) < 4.78 is 5.59. The minimum Gasteiger partial charge on any atom is -0.444 e. The molecule has 1 aliphatic rings. The maximum atomic E-state index is 12.6. The Morgan fingerprint density at radius 2 is 1.86 bits per heavy atom. The molecule has 2 aromatic heterocycles. The molecular weight excluding hydrogens is 450 g/mol. The quantitative estimate of drug-likeness (QED) is 0.352. The number of hydrogen-bond acceptors (Lipinski definition) is 4. The molecule has 1 amide bonds. The van der Waals surface area contributed by atoms with Crippen molar-refractivity contribution in [3.05, 3.63) is 71.4 Å². The number of nitrogens with zero attached hydrogens (tertiary/aromatic N) is 3. The summed E-state index contributed by atoms with van der Waals surface area (Å²) in [6.45, 7) is 8.41. The number of aromatic amines is 2. The SMILES string of the molecule is CCc1nc2ccc(C#Cc3ccc(-c4cnc([C@@H]5CCCN5C(=O)OC(C)(C)C)[nH]4)cc3)cc2[nH]1. The van der Waals surface area contributed by atoms with Crippen molar-refractivity contribution in [3.63, 3.8) is 0 Å². The van der Waals surface area contributed by atoms with E-state index in [2.05, 4.69) is 38.7 Å². The van der Waals surface area contributed by atoms with Crippen LogP contribution < -0.4 is 0 Å². The van der Waals surface area contributed by atoms with Crippen LogP contribution in [0.5, 0.6) is 0 Å². The summed E-state index contributed by atoms with van der Waals surface area (Å²) in [7, 11) is 0. The van der Waals surface area contributed by atoms with Gasteiger partial charge in [0.15, 0.2) is 0 Å². The van der Waals surface area contributed by atoms with E-state index in [9.17, 15) is 4.79 Å². The molecule has 0 unspecified atom stereocenters. The molecule has 0 spiro atoms. The second-order valence-electron chi connectivity index (χ2n) is 10.1. The first-order valence-electron chi connectivity index (χ1n) is 12.4. The first-order valence-corrected chi connectivity index (χ1v) is 12.4. The van der Waals surface area contributed by atoms with E-state index in [1.54, 1.807) is 4.90 Å². The summed E-state index contributed by atoms with van der Waals surface area (Å²) in [6, 6.07) is 14.0. The predicted octanol–water partition coefficient (Wildman–Crippen LogP) is 5.99.